The first-order valence-electron chi connectivity index (χ1n) is 6.04. The van der Waals surface area contributed by atoms with Crippen LogP contribution in [0.25, 0.3) is 0 Å². The minimum absolute atomic E-state index is 0.0454. The average Bonchev–Trinajstić information content (AvgIpc) is 2.90. The lowest BCUT2D eigenvalue weighted by Gasteiger charge is -1.99. The number of aromatic amines is 1. The molecule has 0 saturated heterocycles. The molecule has 0 atom stereocenters. The summed E-state index contributed by atoms with van der Waals surface area (Å²) in [6, 6.07) is 7.56. The number of rotatable bonds is 6. The van der Waals surface area contributed by atoms with E-state index in [9.17, 15) is 18.8 Å². The fourth-order valence-electron chi connectivity index (χ4n) is 1.75. The second-order valence-corrected chi connectivity index (χ2v) is 4.37. The number of carbonyl (C=O) groups excluding carboxylic acids is 2. The minimum Gasteiger partial charge on any atom is -0.475 e. The van der Waals surface area contributed by atoms with Gasteiger partial charge in [0.15, 0.2) is 5.78 Å². The number of nitrogens with zero attached hydrogens (tertiary/aromatic N) is 1. The Morgan fingerprint density at radius 3 is 2.62 bits per heavy atom. The molecule has 0 amide bonds. The molecule has 6 nitrogen and oxygen atoms in total. The van der Waals surface area contributed by atoms with Gasteiger partial charge in [0.1, 0.15) is 11.5 Å². The second kappa shape index (κ2) is 6.08. The highest BCUT2D eigenvalue weighted by Gasteiger charge is 2.20. The molecule has 0 fully saturated rings. The molecule has 2 aromatic rings. The van der Waals surface area contributed by atoms with E-state index >= 15 is 0 Å². The summed E-state index contributed by atoms with van der Waals surface area (Å²) in [5, 5.41) is 14.7. The summed E-state index contributed by atoms with van der Waals surface area (Å²) in [5.74, 6) is -3.93. The number of ketones is 2. The van der Waals surface area contributed by atoms with Gasteiger partial charge in [-0.25, -0.2) is 9.18 Å². The lowest BCUT2D eigenvalue weighted by atomic mass is 10.1. The van der Waals surface area contributed by atoms with Crippen LogP contribution in [-0.4, -0.2) is 32.8 Å². The van der Waals surface area contributed by atoms with E-state index in [1.807, 2.05) is 0 Å². The maximum absolute atomic E-state index is 13.5. The van der Waals surface area contributed by atoms with Crippen molar-refractivity contribution in [2.75, 3.05) is 0 Å². The highest BCUT2D eigenvalue weighted by molar-refractivity contribution is 6.37. The molecule has 1 aromatic carbocycles. The Bertz CT molecular complexity index is 709. The first-order chi connectivity index (χ1) is 9.97. The summed E-state index contributed by atoms with van der Waals surface area (Å²) >= 11 is 0. The number of halogens is 1. The number of hydrogen-bond acceptors (Lipinski definition) is 4. The highest BCUT2D eigenvalue weighted by atomic mass is 19.1. The molecule has 1 aromatic heterocycles. The Morgan fingerprint density at radius 2 is 1.95 bits per heavy atom. The van der Waals surface area contributed by atoms with Gasteiger partial charge < -0.3 is 5.11 Å². The molecule has 0 aliphatic heterocycles. The van der Waals surface area contributed by atoms with Gasteiger partial charge in [-0.1, -0.05) is 18.2 Å². The molecule has 0 aliphatic rings. The van der Waals surface area contributed by atoms with Gasteiger partial charge >= 0.3 is 5.97 Å². The van der Waals surface area contributed by atoms with Crippen molar-refractivity contribution < 1.29 is 23.9 Å². The summed E-state index contributed by atoms with van der Waals surface area (Å²) in [6.07, 6.45) is -0.543. The maximum atomic E-state index is 13.5. The van der Waals surface area contributed by atoms with E-state index < -0.39 is 24.0 Å². The van der Waals surface area contributed by atoms with E-state index in [1.54, 1.807) is 18.2 Å². The van der Waals surface area contributed by atoms with Crippen molar-refractivity contribution >= 4 is 17.5 Å². The zero-order valence-corrected chi connectivity index (χ0v) is 10.8. The number of carboxylic acid groups (broad SMARTS) is 1. The van der Waals surface area contributed by atoms with Crippen molar-refractivity contribution in [2.24, 2.45) is 0 Å². The van der Waals surface area contributed by atoms with Gasteiger partial charge in [-0.2, -0.15) is 5.10 Å². The van der Waals surface area contributed by atoms with Crippen molar-refractivity contribution in [1.82, 2.24) is 10.2 Å². The molecule has 0 radical (unpaired) electrons. The third kappa shape index (κ3) is 3.59. The molecule has 108 valence electrons. The zero-order valence-electron chi connectivity index (χ0n) is 10.8. The SMILES string of the molecule is O=C(O)C(=O)CC(=O)c1cc(Cc2ccccc2F)[nH]n1. The van der Waals surface area contributed by atoms with E-state index in [-0.39, 0.29) is 17.9 Å². The number of nitrogens with one attached hydrogen (secondary N) is 1. The van der Waals surface area contributed by atoms with Crippen LogP contribution in [0.15, 0.2) is 30.3 Å². The topological polar surface area (TPSA) is 100 Å². The molecule has 0 aliphatic carbocycles. The van der Waals surface area contributed by atoms with Crippen LogP contribution in [0.2, 0.25) is 0 Å². The summed E-state index contributed by atoms with van der Waals surface area (Å²) < 4.78 is 13.5. The van der Waals surface area contributed by atoms with Crippen LogP contribution >= 0.6 is 0 Å². The summed E-state index contributed by atoms with van der Waals surface area (Å²) in [7, 11) is 0. The Labute approximate surface area is 118 Å². The lowest BCUT2D eigenvalue weighted by molar-refractivity contribution is -0.148. The number of hydrogen-bond donors (Lipinski definition) is 2. The predicted molar refractivity (Wildman–Crippen MR) is 69.4 cm³/mol. The molecular weight excluding hydrogens is 279 g/mol. The molecule has 2 rings (SSSR count). The monoisotopic (exact) mass is 290 g/mol. The molecule has 0 spiro atoms. The molecular formula is C14H11FN2O4. The quantitative estimate of drug-likeness (QED) is 0.475. The number of carbonyl (C=O) groups is 3. The number of H-pyrrole nitrogens is 1. The van der Waals surface area contributed by atoms with Gasteiger partial charge in [0, 0.05) is 12.1 Å². The third-order valence-corrected chi connectivity index (χ3v) is 2.81. The van der Waals surface area contributed by atoms with E-state index in [1.165, 1.54) is 12.1 Å². The van der Waals surface area contributed by atoms with E-state index in [0.717, 1.165) is 0 Å². The van der Waals surface area contributed by atoms with Gasteiger partial charge in [0.25, 0.3) is 0 Å². The van der Waals surface area contributed by atoms with E-state index in [4.69, 9.17) is 5.11 Å². The molecule has 1 heterocycles. The maximum Gasteiger partial charge on any atom is 0.372 e. The molecule has 0 saturated carbocycles. The number of Topliss-reactive ketones (excluding diaryl/α,β-unsaturated/α-hetero) is 2. The normalized spacial score (nSPS) is 10.3. The van der Waals surface area contributed by atoms with Gasteiger partial charge in [-0.3, -0.25) is 14.7 Å². The highest BCUT2D eigenvalue weighted by Crippen LogP contribution is 2.13. The van der Waals surface area contributed by atoms with Crippen LogP contribution in [-0.2, 0) is 16.0 Å². The second-order valence-electron chi connectivity index (χ2n) is 4.37. The first-order valence-corrected chi connectivity index (χ1v) is 6.04. The van der Waals surface area contributed by atoms with E-state index in [2.05, 4.69) is 10.2 Å². The average molecular weight is 290 g/mol. The van der Waals surface area contributed by atoms with Crippen LogP contribution < -0.4 is 0 Å². The Hall–Kier alpha value is -2.83. The van der Waals surface area contributed by atoms with Gasteiger partial charge in [-0.15, -0.1) is 0 Å². The molecule has 0 unspecified atom stereocenters. The largest absolute Gasteiger partial charge is 0.475 e. The van der Waals surface area contributed by atoms with Crippen LogP contribution in [0, 0.1) is 5.82 Å². The number of carboxylic acids is 1. The fourth-order valence-corrected chi connectivity index (χ4v) is 1.75. The summed E-state index contributed by atoms with van der Waals surface area (Å²) in [4.78, 5) is 33.0. The van der Waals surface area contributed by atoms with Crippen LogP contribution in [0.5, 0.6) is 0 Å². The van der Waals surface area contributed by atoms with Crippen molar-refractivity contribution in [3.63, 3.8) is 0 Å². The van der Waals surface area contributed by atoms with Crippen molar-refractivity contribution in [3.8, 4) is 0 Å². The lowest BCUT2D eigenvalue weighted by Crippen LogP contribution is -2.17. The van der Waals surface area contributed by atoms with Gasteiger partial charge in [-0.05, 0) is 17.7 Å². The van der Waals surface area contributed by atoms with Crippen molar-refractivity contribution in [1.29, 1.82) is 0 Å². The van der Waals surface area contributed by atoms with Crippen molar-refractivity contribution in [2.45, 2.75) is 12.8 Å². The predicted octanol–water partition coefficient (Wildman–Crippen LogP) is 1.37. The molecule has 0 bridgehead atoms. The number of benzene rings is 1. The fraction of sp³-hybridized carbons (Fsp3) is 0.143. The van der Waals surface area contributed by atoms with Crippen LogP contribution in [0.3, 0.4) is 0 Å². The number of aromatic nitrogens is 2. The van der Waals surface area contributed by atoms with Crippen LogP contribution in [0.4, 0.5) is 4.39 Å². The van der Waals surface area contributed by atoms with Crippen molar-refractivity contribution in [3.05, 3.63) is 53.1 Å². The number of aliphatic carboxylic acids is 1. The first kappa shape index (κ1) is 14.6. The van der Waals surface area contributed by atoms with Gasteiger partial charge in [0.05, 0.1) is 6.42 Å². The Kier molecular flexibility index (Phi) is 4.22. The van der Waals surface area contributed by atoms with Crippen LogP contribution in [0.1, 0.15) is 28.2 Å². The third-order valence-electron chi connectivity index (χ3n) is 2.81. The smallest absolute Gasteiger partial charge is 0.372 e. The Morgan fingerprint density at radius 1 is 1.24 bits per heavy atom. The summed E-state index contributed by atoms with van der Waals surface area (Å²) in [5.41, 5.74) is 0.879. The Balaban J connectivity index is 2.08. The van der Waals surface area contributed by atoms with E-state index in [0.29, 0.717) is 11.3 Å². The standard InChI is InChI=1S/C14H11FN2O4/c15-10-4-2-1-3-8(10)5-9-6-11(17-16-9)12(18)7-13(19)14(20)21/h1-4,6H,5,7H2,(H,16,17)(H,20,21). The minimum atomic E-state index is -1.66. The summed E-state index contributed by atoms with van der Waals surface area (Å²) in [6.45, 7) is 0. The molecule has 21 heavy (non-hydrogen) atoms. The van der Waals surface area contributed by atoms with Gasteiger partial charge in [0.2, 0.25) is 5.78 Å². The zero-order chi connectivity index (χ0) is 15.4. The molecule has 7 heteroatoms. The molecule has 2 N–H and O–H groups in total.